The van der Waals surface area contributed by atoms with Crippen molar-refractivity contribution in [3.8, 4) is 0 Å². The number of benzene rings is 1. The molecule has 1 aliphatic rings. The number of amides is 1. The number of carboxylic acids is 1. The van der Waals surface area contributed by atoms with Crippen LogP contribution in [0.25, 0.3) is 0 Å². The normalized spacial score (nSPS) is 17.0. The van der Waals surface area contributed by atoms with E-state index in [0.29, 0.717) is 6.42 Å². The number of aliphatic carboxylic acids is 1. The summed E-state index contributed by atoms with van der Waals surface area (Å²) in [4.78, 5) is 26.6. The van der Waals surface area contributed by atoms with Crippen molar-refractivity contribution in [1.82, 2.24) is 4.90 Å². The zero-order chi connectivity index (χ0) is 15.4. The molecule has 4 nitrogen and oxygen atoms in total. The first-order valence-electron chi connectivity index (χ1n) is 7.31. The Labute approximate surface area is 129 Å². The van der Waals surface area contributed by atoms with Gasteiger partial charge in [0.25, 0.3) is 0 Å². The Hall–Kier alpha value is -1.49. The molecule has 0 aromatic heterocycles. The van der Waals surface area contributed by atoms with Crippen molar-refractivity contribution in [2.24, 2.45) is 0 Å². The highest BCUT2D eigenvalue weighted by Crippen LogP contribution is 2.33. The van der Waals surface area contributed by atoms with Crippen LogP contribution in [0.5, 0.6) is 0 Å². The summed E-state index contributed by atoms with van der Waals surface area (Å²) in [6.07, 6.45) is 2.51. The topological polar surface area (TPSA) is 57.6 Å². The number of nitrogens with zero attached hydrogens (tertiary/aromatic N) is 1. The van der Waals surface area contributed by atoms with Gasteiger partial charge in [0.15, 0.2) is 0 Å². The highest BCUT2D eigenvalue weighted by Gasteiger charge is 2.40. The minimum Gasteiger partial charge on any atom is -0.480 e. The van der Waals surface area contributed by atoms with E-state index in [9.17, 15) is 14.7 Å². The molecule has 2 atom stereocenters. The van der Waals surface area contributed by atoms with Gasteiger partial charge in [0, 0.05) is 10.9 Å². The molecule has 1 aromatic carbocycles. The molecule has 1 aromatic rings. The third kappa shape index (κ3) is 4.00. The van der Waals surface area contributed by atoms with Crippen molar-refractivity contribution in [2.75, 3.05) is 0 Å². The van der Waals surface area contributed by atoms with Gasteiger partial charge in [-0.1, -0.05) is 25.1 Å². The third-order valence-corrected chi connectivity index (χ3v) is 5.00. The summed E-state index contributed by atoms with van der Waals surface area (Å²) in [6, 6.07) is 9.13. The second-order valence-corrected chi connectivity index (χ2v) is 6.59. The van der Waals surface area contributed by atoms with Crippen LogP contribution in [0.1, 0.15) is 33.1 Å². The summed E-state index contributed by atoms with van der Waals surface area (Å²) in [6.45, 7) is 3.56. The predicted molar refractivity (Wildman–Crippen MR) is 83.3 cm³/mol. The lowest BCUT2D eigenvalue weighted by Crippen LogP contribution is -2.48. The highest BCUT2D eigenvalue weighted by molar-refractivity contribution is 8.00. The van der Waals surface area contributed by atoms with E-state index >= 15 is 0 Å². The molecule has 1 N–H and O–H groups in total. The van der Waals surface area contributed by atoms with Crippen LogP contribution in [0.15, 0.2) is 35.2 Å². The fourth-order valence-corrected chi connectivity index (χ4v) is 3.33. The van der Waals surface area contributed by atoms with Gasteiger partial charge in [-0.05, 0) is 38.3 Å². The number of rotatable bonds is 7. The number of hydrogen-bond donors (Lipinski definition) is 1. The van der Waals surface area contributed by atoms with E-state index in [1.807, 2.05) is 37.3 Å². The molecule has 0 radical (unpaired) electrons. The van der Waals surface area contributed by atoms with Gasteiger partial charge in [0.1, 0.15) is 6.04 Å². The van der Waals surface area contributed by atoms with Gasteiger partial charge in [-0.2, -0.15) is 0 Å². The monoisotopic (exact) mass is 307 g/mol. The highest BCUT2D eigenvalue weighted by atomic mass is 32.2. The van der Waals surface area contributed by atoms with E-state index in [4.69, 9.17) is 0 Å². The Kier molecular flexibility index (Phi) is 5.28. The number of hydrogen-bond acceptors (Lipinski definition) is 3. The Morgan fingerprint density at radius 1 is 1.33 bits per heavy atom. The molecule has 1 fully saturated rings. The molecular weight excluding hydrogens is 286 g/mol. The number of carbonyl (C=O) groups excluding carboxylic acids is 1. The van der Waals surface area contributed by atoms with Gasteiger partial charge >= 0.3 is 5.97 Å². The summed E-state index contributed by atoms with van der Waals surface area (Å²) < 4.78 is 0. The zero-order valence-corrected chi connectivity index (χ0v) is 13.2. The fraction of sp³-hybridized carbons (Fsp3) is 0.500. The van der Waals surface area contributed by atoms with Crippen LogP contribution in [-0.2, 0) is 9.59 Å². The molecule has 2 rings (SSSR count). The van der Waals surface area contributed by atoms with Gasteiger partial charge in [-0.25, -0.2) is 4.79 Å². The fourth-order valence-electron chi connectivity index (χ4n) is 2.30. The minimum absolute atomic E-state index is 0.0521. The number of carbonyl (C=O) groups is 2. The van der Waals surface area contributed by atoms with E-state index in [1.54, 1.807) is 11.8 Å². The first kappa shape index (κ1) is 15.9. The first-order valence-corrected chi connectivity index (χ1v) is 8.19. The summed E-state index contributed by atoms with van der Waals surface area (Å²) in [5, 5.41) is 8.99. The van der Waals surface area contributed by atoms with Crippen LogP contribution in [-0.4, -0.2) is 39.2 Å². The lowest BCUT2D eigenvalue weighted by Gasteiger charge is -2.30. The largest absolute Gasteiger partial charge is 0.480 e. The van der Waals surface area contributed by atoms with Gasteiger partial charge < -0.3 is 10.0 Å². The molecule has 0 heterocycles. The van der Waals surface area contributed by atoms with Crippen LogP contribution >= 0.6 is 11.8 Å². The summed E-state index contributed by atoms with van der Waals surface area (Å²) in [7, 11) is 0. The zero-order valence-electron chi connectivity index (χ0n) is 12.4. The van der Waals surface area contributed by atoms with E-state index in [2.05, 4.69) is 0 Å². The Morgan fingerprint density at radius 3 is 2.43 bits per heavy atom. The second kappa shape index (κ2) is 6.98. The van der Waals surface area contributed by atoms with Crippen LogP contribution in [0.4, 0.5) is 0 Å². The van der Waals surface area contributed by atoms with Crippen molar-refractivity contribution in [3.63, 3.8) is 0 Å². The average molecular weight is 307 g/mol. The second-order valence-electron chi connectivity index (χ2n) is 5.32. The SMILES string of the molecule is CCC(Sc1ccccc1)C(=O)N(C1CC1)C(C)C(=O)O. The van der Waals surface area contributed by atoms with Crippen molar-refractivity contribution < 1.29 is 14.7 Å². The molecule has 0 saturated heterocycles. The van der Waals surface area contributed by atoms with Crippen LogP contribution < -0.4 is 0 Å². The van der Waals surface area contributed by atoms with E-state index < -0.39 is 12.0 Å². The maximum absolute atomic E-state index is 12.7. The van der Waals surface area contributed by atoms with Crippen molar-refractivity contribution >= 4 is 23.6 Å². The molecule has 1 aliphatic carbocycles. The van der Waals surface area contributed by atoms with Gasteiger partial charge in [0.2, 0.25) is 5.91 Å². The predicted octanol–water partition coefficient (Wildman–Crippen LogP) is 3.02. The number of carboxylic acid groups (broad SMARTS) is 1. The molecule has 0 aliphatic heterocycles. The molecule has 114 valence electrons. The quantitative estimate of drug-likeness (QED) is 0.787. The van der Waals surface area contributed by atoms with E-state index in [-0.39, 0.29) is 17.2 Å². The van der Waals surface area contributed by atoms with Crippen LogP contribution in [0, 0.1) is 0 Å². The summed E-state index contributed by atoms with van der Waals surface area (Å²) in [5.74, 6) is -0.987. The van der Waals surface area contributed by atoms with Crippen molar-refractivity contribution in [3.05, 3.63) is 30.3 Å². The molecule has 21 heavy (non-hydrogen) atoms. The minimum atomic E-state index is -0.935. The molecular formula is C16H21NO3S. The molecule has 0 bridgehead atoms. The van der Waals surface area contributed by atoms with Crippen molar-refractivity contribution in [2.45, 2.75) is 55.3 Å². The average Bonchev–Trinajstić information content (AvgIpc) is 3.30. The van der Waals surface area contributed by atoms with E-state index in [1.165, 1.54) is 11.8 Å². The number of thioether (sulfide) groups is 1. The standard InChI is InChI=1S/C16H21NO3S/c1-3-14(21-13-7-5-4-6-8-13)15(18)17(12-9-10-12)11(2)16(19)20/h4-8,11-12,14H,3,9-10H2,1-2H3,(H,19,20). The van der Waals surface area contributed by atoms with E-state index in [0.717, 1.165) is 17.7 Å². The Bertz CT molecular complexity index is 502. The lowest BCUT2D eigenvalue weighted by molar-refractivity contribution is -0.149. The third-order valence-electron chi connectivity index (χ3n) is 3.64. The van der Waals surface area contributed by atoms with Gasteiger partial charge in [-0.15, -0.1) is 11.8 Å². The van der Waals surface area contributed by atoms with Crippen LogP contribution in [0.3, 0.4) is 0 Å². The van der Waals surface area contributed by atoms with Crippen molar-refractivity contribution in [1.29, 1.82) is 0 Å². The smallest absolute Gasteiger partial charge is 0.326 e. The van der Waals surface area contributed by atoms with Gasteiger partial charge in [-0.3, -0.25) is 4.79 Å². The maximum atomic E-state index is 12.7. The Balaban J connectivity index is 2.11. The molecule has 5 heteroatoms. The first-order chi connectivity index (χ1) is 10.0. The summed E-state index contributed by atoms with van der Waals surface area (Å²) >= 11 is 1.52. The lowest BCUT2D eigenvalue weighted by atomic mass is 10.2. The Morgan fingerprint density at radius 2 is 1.95 bits per heavy atom. The summed E-state index contributed by atoms with van der Waals surface area (Å²) in [5.41, 5.74) is 0. The molecule has 1 amide bonds. The maximum Gasteiger partial charge on any atom is 0.326 e. The molecule has 1 saturated carbocycles. The molecule has 2 unspecified atom stereocenters. The molecule has 0 spiro atoms. The van der Waals surface area contributed by atoms with Crippen LogP contribution in [0.2, 0.25) is 0 Å². The van der Waals surface area contributed by atoms with Gasteiger partial charge in [0.05, 0.1) is 5.25 Å².